The van der Waals surface area contributed by atoms with Gasteiger partial charge in [-0.15, -0.1) is 0 Å². The van der Waals surface area contributed by atoms with Crippen molar-refractivity contribution in [1.29, 1.82) is 0 Å². The number of phenolic OH excluding ortho intramolecular Hbond substituents is 1. The largest absolute Gasteiger partial charge is 0.508 e. The first kappa shape index (κ1) is 10.2. The summed E-state index contributed by atoms with van der Waals surface area (Å²) in [6.45, 7) is 2.40. The molecule has 0 spiro atoms. The van der Waals surface area contributed by atoms with E-state index in [-0.39, 0.29) is 0 Å². The van der Waals surface area contributed by atoms with Gasteiger partial charge in [-0.25, -0.2) is 0 Å². The monoisotopic (exact) mass is 217 g/mol. The van der Waals surface area contributed by atoms with Gasteiger partial charge in [0.1, 0.15) is 5.75 Å². The first-order chi connectivity index (χ1) is 7.83. The number of hydrogen-bond donors (Lipinski definition) is 1. The summed E-state index contributed by atoms with van der Waals surface area (Å²) < 4.78 is 0. The number of aromatic hydroxyl groups is 1. The quantitative estimate of drug-likeness (QED) is 0.840. The van der Waals surface area contributed by atoms with Gasteiger partial charge in [0.2, 0.25) is 0 Å². The van der Waals surface area contributed by atoms with Crippen molar-refractivity contribution in [3.05, 3.63) is 29.8 Å². The van der Waals surface area contributed by atoms with Gasteiger partial charge in [0.25, 0.3) is 0 Å². The van der Waals surface area contributed by atoms with Crippen LogP contribution < -0.4 is 0 Å². The van der Waals surface area contributed by atoms with Crippen molar-refractivity contribution in [3.8, 4) is 5.75 Å². The van der Waals surface area contributed by atoms with E-state index in [2.05, 4.69) is 4.90 Å². The molecule has 1 aliphatic heterocycles. The number of nitrogens with zero attached hydrogens (tertiary/aromatic N) is 1. The second-order valence-corrected chi connectivity index (χ2v) is 5.21. The van der Waals surface area contributed by atoms with Crippen molar-refractivity contribution in [2.24, 2.45) is 5.92 Å². The number of hydrogen-bond acceptors (Lipinski definition) is 2. The molecular formula is C14H19NO. The molecular weight excluding hydrogens is 198 g/mol. The molecule has 1 heterocycles. The van der Waals surface area contributed by atoms with Crippen LogP contribution in [0.2, 0.25) is 0 Å². The second kappa shape index (κ2) is 4.10. The molecule has 0 radical (unpaired) electrons. The first-order valence-electron chi connectivity index (χ1n) is 6.34. The molecule has 1 aromatic rings. The van der Waals surface area contributed by atoms with Gasteiger partial charge in [-0.1, -0.05) is 18.2 Å². The Labute approximate surface area is 96.9 Å². The number of piperidine rings is 1. The molecule has 2 fully saturated rings. The van der Waals surface area contributed by atoms with Crippen molar-refractivity contribution in [2.45, 2.75) is 31.7 Å². The molecule has 2 aliphatic rings. The van der Waals surface area contributed by atoms with E-state index >= 15 is 0 Å². The minimum absolute atomic E-state index is 0.451. The lowest BCUT2D eigenvalue weighted by Gasteiger charge is -2.26. The van der Waals surface area contributed by atoms with Gasteiger partial charge in [-0.05, 0) is 43.2 Å². The number of para-hydroxylation sites is 1. The second-order valence-electron chi connectivity index (χ2n) is 5.21. The van der Waals surface area contributed by atoms with Crippen molar-refractivity contribution >= 4 is 0 Å². The van der Waals surface area contributed by atoms with Crippen LogP contribution in [0, 0.1) is 5.92 Å². The molecule has 16 heavy (non-hydrogen) atoms. The molecule has 1 aromatic carbocycles. The summed E-state index contributed by atoms with van der Waals surface area (Å²) in [6.07, 6.45) is 5.24. The molecule has 1 saturated carbocycles. The highest BCUT2D eigenvalue weighted by Crippen LogP contribution is 2.37. The number of fused-ring (bicyclic) bond motifs is 2. The first-order valence-corrected chi connectivity index (χ1v) is 6.34. The highest BCUT2D eigenvalue weighted by molar-refractivity contribution is 5.31. The van der Waals surface area contributed by atoms with E-state index in [1.807, 2.05) is 18.2 Å². The molecule has 86 valence electrons. The van der Waals surface area contributed by atoms with E-state index in [9.17, 15) is 5.11 Å². The van der Waals surface area contributed by atoms with Crippen LogP contribution in [0.25, 0.3) is 0 Å². The maximum Gasteiger partial charge on any atom is 0.118 e. The molecule has 0 amide bonds. The fourth-order valence-corrected chi connectivity index (χ4v) is 3.29. The lowest BCUT2D eigenvalue weighted by Crippen LogP contribution is -2.33. The highest BCUT2D eigenvalue weighted by atomic mass is 16.3. The molecule has 1 aliphatic carbocycles. The zero-order valence-electron chi connectivity index (χ0n) is 9.60. The Morgan fingerprint density at radius 2 is 2.12 bits per heavy atom. The SMILES string of the molecule is Oc1ccccc1CCN1CC2CCC1C2. The van der Waals surface area contributed by atoms with Crippen LogP contribution in [0.15, 0.2) is 24.3 Å². The predicted octanol–water partition coefficient (Wildman–Crippen LogP) is 2.42. The summed E-state index contributed by atoms with van der Waals surface area (Å²) in [5.41, 5.74) is 1.09. The fraction of sp³-hybridized carbons (Fsp3) is 0.571. The maximum absolute atomic E-state index is 9.70. The van der Waals surface area contributed by atoms with Crippen molar-refractivity contribution in [3.63, 3.8) is 0 Å². The van der Waals surface area contributed by atoms with Crippen LogP contribution in [0.5, 0.6) is 5.75 Å². The average molecular weight is 217 g/mol. The Kier molecular flexibility index (Phi) is 2.60. The van der Waals surface area contributed by atoms with Crippen LogP contribution in [0.4, 0.5) is 0 Å². The van der Waals surface area contributed by atoms with Gasteiger partial charge in [0.05, 0.1) is 0 Å². The lowest BCUT2D eigenvalue weighted by atomic mass is 10.1. The maximum atomic E-state index is 9.70. The van der Waals surface area contributed by atoms with E-state index in [0.717, 1.165) is 30.5 Å². The predicted molar refractivity (Wildman–Crippen MR) is 64.5 cm³/mol. The van der Waals surface area contributed by atoms with Gasteiger partial charge in [0.15, 0.2) is 0 Å². The standard InChI is InChI=1S/C14H19NO/c16-14-4-2-1-3-12(14)7-8-15-10-11-5-6-13(15)9-11/h1-4,11,13,16H,5-10H2. The van der Waals surface area contributed by atoms with E-state index in [4.69, 9.17) is 0 Å². The van der Waals surface area contributed by atoms with Crippen molar-refractivity contribution in [1.82, 2.24) is 4.90 Å². The molecule has 0 aromatic heterocycles. The molecule has 1 saturated heterocycles. The molecule has 2 nitrogen and oxygen atoms in total. The summed E-state index contributed by atoms with van der Waals surface area (Å²) >= 11 is 0. The Bertz CT molecular complexity index is 377. The Morgan fingerprint density at radius 3 is 2.81 bits per heavy atom. The number of benzene rings is 1. The average Bonchev–Trinajstić information content (AvgIpc) is 2.90. The zero-order chi connectivity index (χ0) is 11.0. The number of rotatable bonds is 3. The zero-order valence-corrected chi connectivity index (χ0v) is 9.60. The van der Waals surface area contributed by atoms with Crippen LogP contribution >= 0.6 is 0 Å². The third-order valence-corrected chi connectivity index (χ3v) is 4.18. The van der Waals surface area contributed by atoms with Gasteiger partial charge in [0, 0.05) is 19.1 Å². The summed E-state index contributed by atoms with van der Waals surface area (Å²) in [5.74, 6) is 1.42. The Morgan fingerprint density at radius 1 is 1.25 bits per heavy atom. The van der Waals surface area contributed by atoms with Crippen molar-refractivity contribution in [2.75, 3.05) is 13.1 Å². The number of phenols is 1. The molecule has 2 heteroatoms. The summed E-state index contributed by atoms with van der Waals surface area (Å²) in [5, 5.41) is 9.70. The van der Waals surface area contributed by atoms with Crippen LogP contribution in [0.1, 0.15) is 24.8 Å². The topological polar surface area (TPSA) is 23.5 Å². The van der Waals surface area contributed by atoms with E-state index < -0.39 is 0 Å². The smallest absolute Gasteiger partial charge is 0.118 e. The Hall–Kier alpha value is -1.02. The molecule has 3 rings (SSSR count). The van der Waals surface area contributed by atoms with Crippen LogP contribution in [0.3, 0.4) is 0 Å². The van der Waals surface area contributed by atoms with Gasteiger partial charge >= 0.3 is 0 Å². The summed E-state index contributed by atoms with van der Waals surface area (Å²) in [7, 11) is 0. The van der Waals surface area contributed by atoms with Gasteiger partial charge in [-0.3, -0.25) is 4.90 Å². The molecule has 1 N–H and O–H groups in total. The molecule has 2 bridgehead atoms. The summed E-state index contributed by atoms with van der Waals surface area (Å²) in [4.78, 5) is 2.61. The lowest BCUT2D eigenvalue weighted by molar-refractivity contribution is 0.215. The summed E-state index contributed by atoms with van der Waals surface area (Å²) in [6, 6.07) is 8.55. The third kappa shape index (κ3) is 1.82. The number of likely N-dealkylation sites (tertiary alicyclic amines) is 1. The third-order valence-electron chi connectivity index (χ3n) is 4.18. The molecule has 2 unspecified atom stereocenters. The van der Waals surface area contributed by atoms with Crippen LogP contribution in [-0.4, -0.2) is 29.1 Å². The van der Waals surface area contributed by atoms with Gasteiger partial charge in [-0.2, -0.15) is 0 Å². The minimum atomic E-state index is 0.451. The van der Waals surface area contributed by atoms with E-state index in [1.54, 1.807) is 6.07 Å². The highest BCUT2D eigenvalue weighted by Gasteiger charge is 2.37. The van der Waals surface area contributed by atoms with E-state index in [0.29, 0.717) is 5.75 Å². The minimum Gasteiger partial charge on any atom is -0.508 e. The normalized spacial score (nSPS) is 28.8. The van der Waals surface area contributed by atoms with Gasteiger partial charge < -0.3 is 5.11 Å². The van der Waals surface area contributed by atoms with E-state index in [1.165, 1.54) is 25.8 Å². The fourth-order valence-electron chi connectivity index (χ4n) is 3.29. The van der Waals surface area contributed by atoms with Crippen molar-refractivity contribution < 1.29 is 5.11 Å². The Balaban J connectivity index is 1.59. The molecule has 2 atom stereocenters. The van der Waals surface area contributed by atoms with Crippen LogP contribution in [-0.2, 0) is 6.42 Å².